The van der Waals surface area contributed by atoms with Crippen molar-refractivity contribution >= 4 is 22.1 Å². The van der Waals surface area contributed by atoms with Crippen LogP contribution in [0.3, 0.4) is 0 Å². The molecule has 2 saturated carbocycles. The van der Waals surface area contributed by atoms with Crippen LogP contribution >= 0.6 is 0 Å². The summed E-state index contributed by atoms with van der Waals surface area (Å²) in [6, 6.07) is 5.59. The molecule has 0 spiro atoms. The largest absolute Gasteiger partial charge is 0.455 e. The number of fused-ring (bicyclic) bond motifs is 1. The Kier molecular flexibility index (Phi) is 5.94. The van der Waals surface area contributed by atoms with Crippen molar-refractivity contribution in [3.05, 3.63) is 35.6 Å². The van der Waals surface area contributed by atoms with Crippen molar-refractivity contribution in [2.45, 2.75) is 43.3 Å². The number of hydrogen-bond donors (Lipinski definition) is 1. The van der Waals surface area contributed by atoms with Gasteiger partial charge in [0.25, 0.3) is 10.1 Å². The van der Waals surface area contributed by atoms with Crippen LogP contribution in [0, 0.1) is 23.6 Å². The van der Waals surface area contributed by atoms with Gasteiger partial charge in [0.1, 0.15) is 42.0 Å². The molecule has 11 heteroatoms. The third kappa shape index (κ3) is 4.12. The minimum atomic E-state index is -4.01. The average Bonchev–Trinajstić information content (AvgIpc) is 3.37. The van der Waals surface area contributed by atoms with Crippen molar-refractivity contribution in [2.24, 2.45) is 17.8 Å². The maximum absolute atomic E-state index is 13.3. The molecule has 2 heterocycles. The van der Waals surface area contributed by atoms with E-state index in [-0.39, 0.29) is 6.54 Å². The summed E-state index contributed by atoms with van der Waals surface area (Å²) >= 11 is 0. The van der Waals surface area contributed by atoms with E-state index in [2.05, 4.69) is 0 Å². The zero-order valence-electron chi connectivity index (χ0n) is 19.1. The Morgan fingerprint density at radius 1 is 1.15 bits per heavy atom. The first-order valence-corrected chi connectivity index (χ1v) is 13.1. The topological polar surface area (TPSA) is 110 Å². The highest BCUT2D eigenvalue weighted by Gasteiger charge is 2.72. The fourth-order valence-corrected chi connectivity index (χ4v) is 7.97. The van der Waals surface area contributed by atoms with Crippen molar-refractivity contribution in [3.63, 3.8) is 0 Å². The summed E-state index contributed by atoms with van der Waals surface area (Å²) in [4.78, 5) is 27.0. The van der Waals surface area contributed by atoms with E-state index in [1.807, 2.05) is 0 Å². The first-order chi connectivity index (χ1) is 16.1. The van der Waals surface area contributed by atoms with Crippen LogP contribution in [0.5, 0.6) is 0 Å². The monoisotopic (exact) mass is 498 g/mol. The number of rotatable bonds is 6. The van der Waals surface area contributed by atoms with E-state index >= 15 is 0 Å². The van der Waals surface area contributed by atoms with Crippen molar-refractivity contribution in [3.8, 4) is 0 Å². The minimum Gasteiger partial charge on any atom is -0.455 e. The number of ether oxygens (including phenoxy) is 3. The molecular formula is C23H29FNO8S+. The van der Waals surface area contributed by atoms with Gasteiger partial charge in [-0.2, -0.15) is 8.42 Å². The van der Waals surface area contributed by atoms with Gasteiger partial charge in [-0.3, -0.25) is 8.98 Å². The molecule has 186 valence electrons. The molecule has 4 aliphatic rings. The summed E-state index contributed by atoms with van der Waals surface area (Å²) in [5.41, 5.74) is -0.536. The zero-order valence-corrected chi connectivity index (χ0v) is 19.9. The van der Waals surface area contributed by atoms with Crippen molar-refractivity contribution in [2.75, 3.05) is 32.8 Å². The second-order valence-electron chi connectivity index (χ2n) is 10.0. The Morgan fingerprint density at radius 2 is 1.82 bits per heavy atom. The number of nitrogens with one attached hydrogen (secondary N) is 1. The predicted molar refractivity (Wildman–Crippen MR) is 114 cm³/mol. The number of carbonyl (C=O) groups excluding carboxylic acids is 2. The van der Waals surface area contributed by atoms with E-state index < -0.39 is 68.7 Å². The highest BCUT2D eigenvalue weighted by Crippen LogP contribution is 2.59. The standard InChI is InChI=1S/C23H28FNO8S/c1-23(2,13-3-5-14(24)6-4-13)32-22(27)18-15-11-16-20(33-34(28,29)21(16)18)19(15)31-17(26)12-25-7-9-30-10-8-25/h3-6,15-16,18-21H,7-12H2,1-2H3/p+1. The molecule has 2 saturated heterocycles. The SMILES string of the molecule is CC(C)(OC(=O)C1C2CC3C(OS(=O)(=O)C31)C2OC(=O)C[NH+]1CCOCC1)c1ccc(F)cc1. The summed E-state index contributed by atoms with van der Waals surface area (Å²) < 4.78 is 61.1. The Balaban J connectivity index is 1.33. The molecule has 34 heavy (non-hydrogen) atoms. The summed E-state index contributed by atoms with van der Waals surface area (Å²) in [5.74, 6) is -3.46. The quantitative estimate of drug-likeness (QED) is 0.424. The van der Waals surface area contributed by atoms with Crippen molar-refractivity contribution < 1.29 is 45.7 Å². The van der Waals surface area contributed by atoms with E-state index in [0.717, 1.165) is 4.90 Å². The van der Waals surface area contributed by atoms with Gasteiger partial charge in [0, 0.05) is 11.8 Å². The van der Waals surface area contributed by atoms with Gasteiger partial charge in [-0.05, 0) is 38.0 Å². The van der Waals surface area contributed by atoms with Gasteiger partial charge in [-0.15, -0.1) is 0 Å². The van der Waals surface area contributed by atoms with Crippen LogP contribution in [-0.2, 0) is 43.7 Å². The molecule has 2 aliphatic heterocycles. The maximum Gasteiger partial charge on any atom is 0.362 e. The fourth-order valence-electron chi connectivity index (χ4n) is 5.92. The number of benzene rings is 1. The lowest BCUT2D eigenvalue weighted by atomic mass is 9.84. The predicted octanol–water partition coefficient (Wildman–Crippen LogP) is -0.206. The molecule has 0 aromatic heterocycles. The van der Waals surface area contributed by atoms with Gasteiger partial charge < -0.3 is 19.1 Å². The first kappa shape index (κ1) is 23.7. The molecule has 4 fully saturated rings. The fraction of sp³-hybridized carbons (Fsp3) is 0.652. The summed E-state index contributed by atoms with van der Waals surface area (Å²) in [6.07, 6.45) is -1.18. The smallest absolute Gasteiger partial charge is 0.362 e. The van der Waals surface area contributed by atoms with E-state index in [1.54, 1.807) is 13.8 Å². The lowest BCUT2D eigenvalue weighted by molar-refractivity contribution is -0.900. The molecule has 1 aromatic rings. The van der Waals surface area contributed by atoms with Crippen LogP contribution in [0.25, 0.3) is 0 Å². The lowest BCUT2D eigenvalue weighted by Gasteiger charge is -2.33. The molecule has 2 aliphatic carbocycles. The molecular weight excluding hydrogens is 469 g/mol. The van der Waals surface area contributed by atoms with Gasteiger partial charge in [0.05, 0.1) is 19.1 Å². The van der Waals surface area contributed by atoms with Crippen LogP contribution in [-0.4, -0.2) is 70.7 Å². The summed E-state index contributed by atoms with van der Waals surface area (Å²) in [6.45, 7) is 5.99. The molecule has 2 bridgehead atoms. The number of halogens is 1. The van der Waals surface area contributed by atoms with Gasteiger partial charge in [0.2, 0.25) is 0 Å². The summed E-state index contributed by atoms with van der Waals surface area (Å²) in [5, 5.41) is -1.01. The normalized spacial score (nSPS) is 34.2. The van der Waals surface area contributed by atoms with E-state index in [9.17, 15) is 22.4 Å². The van der Waals surface area contributed by atoms with Crippen LogP contribution in [0.2, 0.25) is 0 Å². The van der Waals surface area contributed by atoms with E-state index in [1.165, 1.54) is 24.3 Å². The number of esters is 2. The Labute approximate surface area is 197 Å². The van der Waals surface area contributed by atoms with Crippen molar-refractivity contribution in [1.82, 2.24) is 0 Å². The molecule has 1 aromatic carbocycles. The lowest BCUT2D eigenvalue weighted by Crippen LogP contribution is -3.15. The Hall–Kier alpha value is -2.08. The minimum absolute atomic E-state index is 0.146. The van der Waals surface area contributed by atoms with Gasteiger partial charge in [-0.1, -0.05) is 12.1 Å². The molecule has 0 radical (unpaired) electrons. The van der Waals surface area contributed by atoms with Gasteiger partial charge in [-0.25, -0.2) is 9.18 Å². The number of quaternary nitrogens is 1. The zero-order chi connectivity index (χ0) is 24.3. The van der Waals surface area contributed by atoms with E-state index in [0.29, 0.717) is 38.3 Å². The van der Waals surface area contributed by atoms with Crippen LogP contribution in [0.4, 0.5) is 4.39 Å². The van der Waals surface area contributed by atoms with Crippen LogP contribution < -0.4 is 4.90 Å². The first-order valence-electron chi connectivity index (χ1n) is 11.6. The second kappa shape index (κ2) is 8.54. The Morgan fingerprint density at radius 3 is 2.50 bits per heavy atom. The van der Waals surface area contributed by atoms with Gasteiger partial charge in [0.15, 0.2) is 6.54 Å². The van der Waals surface area contributed by atoms with Crippen LogP contribution in [0.15, 0.2) is 24.3 Å². The third-order valence-electron chi connectivity index (χ3n) is 7.56. The van der Waals surface area contributed by atoms with Crippen molar-refractivity contribution in [1.29, 1.82) is 0 Å². The number of hydrogen-bond acceptors (Lipinski definition) is 8. The molecule has 1 N–H and O–H groups in total. The average molecular weight is 499 g/mol. The third-order valence-corrected chi connectivity index (χ3v) is 9.36. The molecule has 5 rings (SSSR count). The molecule has 6 unspecified atom stereocenters. The molecule has 9 nitrogen and oxygen atoms in total. The highest BCUT2D eigenvalue weighted by molar-refractivity contribution is 7.87. The highest BCUT2D eigenvalue weighted by atomic mass is 32.2. The number of morpholine rings is 1. The van der Waals surface area contributed by atoms with Crippen LogP contribution in [0.1, 0.15) is 25.8 Å². The van der Waals surface area contributed by atoms with E-state index in [4.69, 9.17) is 18.4 Å². The summed E-state index contributed by atoms with van der Waals surface area (Å²) in [7, 11) is -4.01. The maximum atomic E-state index is 13.3. The second-order valence-corrected chi connectivity index (χ2v) is 11.8. The molecule has 0 amide bonds. The molecule has 6 atom stereocenters. The van der Waals surface area contributed by atoms with Gasteiger partial charge >= 0.3 is 11.9 Å². The Bertz CT molecular complexity index is 1070. The number of carbonyl (C=O) groups is 2.